The summed E-state index contributed by atoms with van der Waals surface area (Å²) in [5.74, 6) is -3.22. The van der Waals surface area contributed by atoms with Crippen molar-refractivity contribution in [3.63, 3.8) is 0 Å². The lowest BCUT2D eigenvalue weighted by Gasteiger charge is -2.16. The van der Waals surface area contributed by atoms with Gasteiger partial charge in [-0.3, -0.25) is 19.3 Å². The van der Waals surface area contributed by atoms with Crippen molar-refractivity contribution in [3.8, 4) is 0 Å². The van der Waals surface area contributed by atoms with Gasteiger partial charge in [-0.1, -0.05) is 12.2 Å². The maximum absolute atomic E-state index is 13.1. The van der Waals surface area contributed by atoms with Crippen molar-refractivity contribution in [2.45, 2.75) is 12.8 Å². The second-order valence-electron chi connectivity index (χ2n) is 6.76. The van der Waals surface area contributed by atoms with Crippen LogP contribution in [-0.4, -0.2) is 29.2 Å². The van der Waals surface area contributed by atoms with Crippen LogP contribution in [0.25, 0.3) is 0 Å². The highest BCUT2D eigenvalue weighted by atomic mass is 19.2. The Morgan fingerprint density at radius 3 is 2.32 bits per heavy atom. The van der Waals surface area contributed by atoms with Crippen LogP contribution in [0.3, 0.4) is 0 Å². The van der Waals surface area contributed by atoms with Crippen LogP contribution in [0.4, 0.5) is 14.5 Å². The number of hydrogen-bond acceptors (Lipinski definition) is 3. The summed E-state index contributed by atoms with van der Waals surface area (Å²) < 4.78 is 26.0. The van der Waals surface area contributed by atoms with Crippen LogP contribution < -0.4 is 5.32 Å². The van der Waals surface area contributed by atoms with E-state index in [1.54, 1.807) is 0 Å². The minimum Gasteiger partial charge on any atom is -0.326 e. The molecular weight excluding hydrogens is 330 g/mol. The van der Waals surface area contributed by atoms with Gasteiger partial charge in [-0.05, 0) is 30.4 Å². The molecule has 1 heterocycles. The van der Waals surface area contributed by atoms with Gasteiger partial charge in [0.1, 0.15) is 0 Å². The van der Waals surface area contributed by atoms with Gasteiger partial charge in [-0.15, -0.1) is 0 Å². The van der Waals surface area contributed by atoms with E-state index in [1.165, 1.54) is 11.0 Å². The molecular formula is C18H16F2N2O3. The van der Waals surface area contributed by atoms with Crippen molar-refractivity contribution >= 4 is 23.4 Å². The van der Waals surface area contributed by atoms with Crippen LogP contribution in [0, 0.1) is 35.3 Å². The number of anilines is 1. The predicted molar refractivity (Wildman–Crippen MR) is 84.0 cm³/mol. The van der Waals surface area contributed by atoms with E-state index in [0.717, 1.165) is 18.6 Å². The Labute approximate surface area is 142 Å². The van der Waals surface area contributed by atoms with Gasteiger partial charge < -0.3 is 5.32 Å². The highest BCUT2D eigenvalue weighted by Gasteiger charge is 2.58. The van der Waals surface area contributed by atoms with E-state index in [2.05, 4.69) is 5.32 Å². The molecule has 2 fully saturated rings. The second-order valence-corrected chi connectivity index (χ2v) is 6.76. The highest BCUT2D eigenvalue weighted by Crippen LogP contribution is 2.52. The fraction of sp³-hybridized carbons (Fsp3) is 0.389. The van der Waals surface area contributed by atoms with E-state index in [9.17, 15) is 23.2 Å². The largest absolute Gasteiger partial charge is 0.326 e. The molecule has 25 heavy (non-hydrogen) atoms. The number of carbonyl (C=O) groups excluding carboxylic acids is 3. The first kappa shape index (κ1) is 15.9. The first-order valence-electron chi connectivity index (χ1n) is 8.24. The molecule has 7 heteroatoms. The average Bonchev–Trinajstić information content (AvgIpc) is 3.24. The Kier molecular flexibility index (Phi) is 3.67. The van der Waals surface area contributed by atoms with Gasteiger partial charge in [0.05, 0.1) is 11.8 Å². The fourth-order valence-electron chi connectivity index (χ4n) is 4.20. The van der Waals surface area contributed by atoms with Crippen molar-refractivity contribution < 1.29 is 23.2 Å². The molecule has 3 amide bonds. The normalized spacial score (nSPS) is 29.4. The van der Waals surface area contributed by atoms with Gasteiger partial charge in [0.25, 0.3) is 0 Å². The van der Waals surface area contributed by atoms with Crippen molar-refractivity contribution in [2.75, 3.05) is 11.9 Å². The summed E-state index contributed by atoms with van der Waals surface area (Å²) in [6.45, 7) is -0.000380. The van der Waals surface area contributed by atoms with E-state index >= 15 is 0 Å². The SMILES string of the molecule is O=C(CCN1C(=O)[C@H]2[C@H](C1=O)[C@H]1C=C[C@H]2C1)Nc1ccc(F)c(F)c1. The van der Waals surface area contributed by atoms with E-state index in [4.69, 9.17) is 0 Å². The monoisotopic (exact) mass is 346 g/mol. The molecule has 0 radical (unpaired) electrons. The Balaban J connectivity index is 1.37. The Bertz CT molecular complexity index is 778. The van der Waals surface area contributed by atoms with Crippen LogP contribution in [0.2, 0.25) is 0 Å². The summed E-state index contributed by atoms with van der Waals surface area (Å²) in [5.41, 5.74) is 0.127. The summed E-state index contributed by atoms with van der Waals surface area (Å²) in [5, 5.41) is 2.44. The van der Waals surface area contributed by atoms with Crippen molar-refractivity contribution in [1.82, 2.24) is 4.90 Å². The molecule has 2 aliphatic carbocycles. The molecule has 5 nitrogen and oxygen atoms in total. The summed E-state index contributed by atoms with van der Waals surface area (Å²) in [6, 6.07) is 3.05. The zero-order valence-electron chi connectivity index (χ0n) is 13.2. The summed E-state index contributed by atoms with van der Waals surface area (Å²) >= 11 is 0. The number of nitrogens with zero attached hydrogens (tertiary/aromatic N) is 1. The number of halogens is 2. The lowest BCUT2D eigenvalue weighted by atomic mass is 9.85. The third-order valence-corrected chi connectivity index (χ3v) is 5.33. The molecule has 0 spiro atoms. The number of nitrogens with one attached hydrogen (secondary N) is 1. The molecule has 1 aliphatic heterocycles. The summed E-state index contributed by atoms with van der Waals surface area (Å²) in [7, 11) is 0. The van der Waals surface area contributed by atoms with Gasteiger partial charge >= 0.3 is 0 Å². The number of likely N-dealkylation sites (tertiary alicyclic amines) is 1. The number of amides is 3. The van der Waals surface area contributed by atoms with Gasteiger partial charge in [0.15, 0.2) is 11.6 Å². The highest BCUT2D eigenvalue weighted by molar-refractivity contribution is 6.06. The maximum Gasteiger partial charge on any atom is 0.233 e. The third kappa shape index (κ3) is 2.54. The standard InChI is InChI=1S/C18H16F2N2O3/c19-12-4-3-11(8-13(12)20)21-14(23)5-6-22-17(24)15-9-1-2-10(7-9)16(15)18(22)25/h1-4,8-10,15-16H,5-7H2,(H,21,23)/t9-,10-,15+,16+/m0/s1. The molecule has 0 unspecified atom stereocenters. The Morgan fingerprint density at radius 2 is 1.72 bits per heavy atom. The fourth-order valence-corrected chi connectivity index (χ4v) is 4.20. The van der Waals surface area contributed by atoms with Crippen LogP contribution in [0.15, 0.2) is 30.4 Å². The quantitative estimate of drug-likeness (QED) is 0.671. The Morgan fingerprint density at radius 1 is 1.08 bits per heavy atom. The van der Waals surface area contributed by atoms with Gasteiger partial charge in [0, 0.05) is 24.7 Å². The molecule has 130 valence electrons. The van der Waals surface area contributed by atoms with Crippen molar-refractivity contribution in [1.29, 1.82) is 0 Å². The number of rotatable bonds is 4. The maximum atomic E-state index is 13.1. The number of hydrogen-bond donors (Lipinski definition) is 1. The lowest BCUT2D eigenvalue weighted by molar-refractivity contribution is -0.140. The molecule has 1 saturated carbocycles. The summed E-state index contributed by atoms with van der Waals surface area (Å²) in [6.07, 6.45) is 4.79. The number of carbonyl (C=O) groups is 3. The first-order valence-corrected chi connectivity index (χ1v) is 8.24. The minimum absolute atomic E-state index is 0.000380. The molecule has 1 aromatic rings. The summed E-state index contributed by atoms with van der Waals surface area (Å²) in [4.78, 5) is 38.1. The van der Waals surface area contributed by atoms with Gasteiger partial charge in [-0.2, -0.15) is 0 Å². The predicted octanol–water partition coefficient (Wildman–Crippen LogP) is 2.10. The van der Waals surface area contributed by atoms with E-state index in [1.807, 2.05) is 12.2 Å². The van der Waals surface area contributed by atoms with Gasteiger partial charge in [-0.25, -0.2) is 8.78 Å². The Hall–Kier alpha value is -2.57. The zero-order valence-corrected chi connectivity index (χ0v) is 13.2. The van der Waals surface area contributed by atoms with Crippen molar-refractivity contribution in [3.05, 3.63) is 42.0 Å². The third-order valence-electron chi connectivity index (χ3n) is 5.33. The number of allylic oxidation sites excluding steroid dienone is 2. The molecule has 3 aliphatic rings. The van der Waals surface area contributed by atoms with Crippen LogP contribution in [0.5, 0.6) is 0 Å². The molecule has 4 rings (SSSR count). The smallest absolute Gasteiger partial charge is 0.233 e. The van der Waals surface area contributed by atoms with E-state index in [0.29, 0.717) is 0 Å². The molecule has 1 saturated heterocycles. The topological polar surface area (TPSA) is 66.5 Å². The molecule has 2 bridgehead atoms. The lowest BCUT2D eigenvalue weighted by Crippen LogP contribution is -2.35. The van der Waals surface area contributed by atoms with Gasteiger partial charge in [0.2, 0.25) is 17.7 Å². The second kappa shape index (κ2) is 5.75. The first-order chi connectivity index (χ1) is 12.0. The van der Waals surface area contributed by atoms with Crippen LogP contribution >= 0.6 is 0 Å². The number of fused-ring (bicyclic) bond motifs is 5. The molecule has 1 aromatic carbocycles. The average molecular weight is 346 g/mol. The zero-order chi connectivity index (χ0) is 17.7. The molecule has 4 atom stereocenters. The minimum atomic E-state index is -1.06. The van der Waals surface area contributed by atoms with Crippen molar-refractivity contribution in [2.24, 2.45) is 23.7 Å². The van der Waals surface area contributed by atoms with E-state index < -0.39 is 17.5 Å². The molecule has 0 aromatic heterocycles. The van der Waals surface area contributed by atoms with E-state index in [-0.39, 0.29) is 54.1 Å². The number of benzene rings is 1. The number of imide groups is 1. The van der Waals surface area contributed by atoms with Crippen LogP contribution in [-0.2, 0) is 14.4 Å². The molecule has 1 N–H and O–H groups in total. The van der Waals surface area contributed by atoms with Crippen LogP contribution in [0.1, 0.15) is 12.8 Å².